The fourth-order valence-corrected chi connectivity index (χ4v) is 2.45. The van der Waals surface area contributed by atoms with Crippen molar-refractivity contribution in [2.24, 2.45) is 0 Å². The summed E-state index contributed by atoms with van der Waals surface area (Å²) in [6, 6.07) is 5.71. The second-order valence-corrected chi connectivity index (χ2v) is 5.90. The molecule has 0 radical (unpaired) electrons. The quantitative estimate of drug-likeness (QED) is 0.680. The zero-order valence-electron chi connectivity index (χ0n) is 14.1. The van der Waals surface area contributed by atoms with E-state index in [9.17, 15) is 35.5 Å². The van der Waals surface area contributed by atoms with Crippen LogP contribution in [-0.4, -0.2) is 12.3 Å². The Morgan fingerprint density at radius 3 is 2.28 bits per heavy atom. The zero-order valence-corrected chi connectivity index (χ0v) is 14.1. The number of carbonyl (C=O) groups excluding carboxylic acids is 1. The maximum atomic E-state index is 13.7. The standard InChI is InChI=1S/C17H11F7N2O3/c18-15(19,20)10-3-1-9(2-4-10)8-25-14(27)26-11-5-6-13-12(7-11)16(21,22)29-17(23,24)28-13/h1-7H,8H2,(H2,25,26,27). The summed E-state index contributed by atoms with van der Waals surface area (Å²) >= 11 is 0. The average molecular weight is 424 g/mol. The van der Waals surface area contributed by atoms with Crippen LogP contribution in [0, 0.1) is 0 Å². The summed E-state index contributed by atoms with van der Waals surface area (Å²) in [4.78, 5) is 11.9. The second kappa shape index (κ2) is 7.10. The van der Waals surface area contributed by atoms with Gasteiger partial charge in [-0.25, -0.2) is 9.53 Å². The lowest BCUT2D eigenvalue weighted by atomic mass is 10.1. The Kier molecular flexibility index (Phi) is 5.07. The number of urea groups is 1. The van der Waals surface area contributed by atoms with Crippen molar-refractivity contribution in [1.29, 1.82) is 0 Å². The largest absolute Gasteiger partial charge is 0.540 e. The van der Waals surface area contributed by atoms with E-state index in [-0.39, 0.29) is 12.2 Å². The molecule has 0 atom stereocenters. The number of nitrogens with one attached hydrogen (secondary N) is 2. The summed E-state index contributed by atoms with van der Waals surface area (Å²) in [6.45, 7) is -0.149. The molecule has 1 aliphatic rings. The molecule has 2 N–H and O–H groups in total. The third-order valence-electron chi connectivity index (χ3n) is 3.76. The number of amides is 2. The molecule has 2 aromatic carbocycles. The number of anilines is 1. The van der Waals surface area contributed by atoms with E-state index in [0.717, 1.165) is 36.4 Å². The summed E-state index contributed by atoms with van der Waals surface area (Å²) in [5, 5.41) is 4.51. The van der Waals surface area contributed by atoms with Crippen LogP contribution in [0.2, 0.25) is 0 Å². The average Bonchev–Trinajstić information content (AvgIpc) is 2.59. The highest BCUT2D eigenvalue weighted by Gasteiger charge is 2.54. The van der Waals surface area contributed by atoms with Gasteiger partial charge in [-0.2, -0.15) is 22.0 Å². The van der Waals surface area contributed by atoms with E-state index in [1.54, 1.807) is 0 Å². The van der Waals surface area contributed by atoms with Gasteiger partial charge in [-0.3, -0.25) is 0 Å². The number of hydrogen-bond acceptors (Lipinski definition) is 3. The number of carbonyl (C=O) groups is 1. The van der Waals surface area contributed by atoms with Crippen LogP contribution in [0.15, 0.2) is 42.5 Å². The Bertz CT molecular complexity index is 914. The van der Waals surface area contributed by atoms with Crippen molar-refractivity contribution in [1.82, 2.24) is 5.32 Å². The van der Waals surface area contributed by atoms with Crippen molar-refractivity contribution in [3.63, 3.8) is 0 Å². The summed E-state index contributed by atoms with van der Waals surface area (Å²) < 4.78 is 98.2. The van der Waals surface area contributed by atoms with Gasteiger partial charge in [0.25, 0.3) is 0 Å². The van der Waals surface area contributed by atoms with Crippen molar-refractivity contribution in [2.45, 2.75) is 25.1 Å². The predicted molar refractivity (Wildman–Crippen MR) is 84.3 cm³/mol. The van der Waals surface area contributed by atoms with Crippen LogP contribution >= 0.6 is 0 Å². The molecule has 12 heteroatoms. The predicted octanol–water partition coefficient (Wildman–Crippen LogP) is 5.04. The molecule has 2 aromatic rings. The van der Waals surface area contributed by atoms with Crippen molar-refractivity contribution in [3.8, 4) is 5.75 Å². The summed E-state index contributed by atoms with van der Waals surface area (Å²) in [5.74, 6) is -0.818. The van der Waals surface area contributed by atoms with Crippen LogP contribution in [-0.2, 0) is 23.6 Å². The molecule has 0 saturated heterocycles. The highest BCUT2D eigenvalue weighted by atomic mass is 19.4. The SMILES string of the molecule is O=C(NCc1ccc(C(F)(F)F)cc1)Nc1ccc2c(c1)C(F)(F)OC(F)(F)O2. The van der Waals surface area contributed by atoms with Gasteiger partial charge in [0.15, 0.2) is 0 Å². The first-order valence-corrected chi connectivity index (χ1v) is 7.86. The molecule has 0 fully saturated rings. The van der Waals surface area contributed by atoms with Crippen molar-refractivity contribution < 1.29 is 45.0 Å². The van der Waals surface area contributed by atoms with Crippen molar-refractivity contribution in [3.05, 3.63) is 59.2 Å². The van der Waals surface area contributed by atoms with E-state index in [0.29, 0.717) is 11.6 Å². The Hall–Kier alpha value is -3.02. The molecule has 0 aliphatic carbocycles. The molecule has 0 bridgehead atoms. The third kappa shape index (κ3) is 4.88. The first-order valence-electron chi connectivity index (χ1n) is 7.86. The van der Waals surface area contributed by atoms with Gasteiger partial charge in [-0.15, -0.1) is 8.78 Å². The molecule has 2 amide bonds. The molecule has 29 heavy (non-hydrogen) atoms. The molecule has 0 unspecified atom stereocenters. The molecule has 3 rings (SSSR count). The smallest absolute Gasteiger partial charge is 0.409 e. The van der Waals surface area contributed by atoms with Gasteiger partial charge < -0.3 is 15.4 Å². The lowest BCUT2D eigenvalue weighted by Crippen LogP contribution is -2.41. The van der Waals surface area contributed by atoms with E-state index >= 15 is 0 Å². The molecule has 0 aromatic heterocycles. The number of hydrogen-bond donors (Lipinski definition) is 2. The number of benzene rings is 2. The van der Waals surface area contributed by atoms with Gasteiger partial charge in [0.1, 0.15) is 5.75 Å². The van der Waals surface area contributed by atoms with E-state index in [4.69, 9.17) is 0 Å². The first kappa shape index (κ1) is 20.7. The number of ether oxygens (including phenoxy) is 2. The fraction of sp³-hybridized carbons (Fsp3) is 0.235. The minimum absolute atomic E-state index is 0.149. The highest BCUT2D eigenvalue weighted by molar-refractivity contribution is 5.89. The second-order valence-electron chi connectivity index (χ2n) is 5.90. The molecule has 0 spiro atoms. The van der Waals surface area contributed by atoms with Crippen LogP contribution in [0.4, 0.5) is 41.2 Å². The topological polar surface area (TPSA) is 59.6 Å². The van der Waals surface area contributed by atoms with Gasteiger partial charge in [0.05, 0.1) is 11.1 Å². The lowest BCUT2D eigenvalue weighted by molar-refractivity contribution is -0.461. The van der Waals surface area contributed by atoms with Crippen LogP contribution in [0.3, 0.4) is 0 Å². The van der Waals surface area contributed by atoms with Crippen LogP contribution in [0.25, 0.3) is 0 Å². The number of alkyl halides is 7. The maximum Gasteiger partial charge on any atom is 0.540 e. The van der Waals surface area contributed by atoms with E-state index in [2.05, 4.69) is 20.1 Å². The summed E-state index contributed by atoms with van der Waals surface area (Å²) in [6.07, 6.45) is -13.4. The first-order chi connectivity index (χ1) is 13.4. The van der Waals surface area contributed by atoms with E-state index in [1.165, 1.54) is 0 Å². The number of fused-ring (bicyclic) bond motifs is 1. The third-order valence-corrected chi connectivity index (χ3v) is 3.76. The number of rotatable bonds is 3. The van der Waals surface area contributed by atoms with Gasteiger partial charge in [-0.1, -0.05) is 12.1 Å². The maximum absolute atomic E-state index is 13.7. The minimum Gasteiger partial charge on any atom is -0.409 e. The summed E-state index contributed by atoms with van der Waals surface area (Å²) in [5.41, 5.74) is -1.68. The van der Waals surface area contributed by atoms with Gasteiger partial charge >= 0.3 is 24.6 Å². The normalized spacial score (nSPS) is 17.1. The van der Waals surface area contributed by atoms with Gasteiger partial charge in [0, 0.05) is 12.2 Å². The molecule has 156 valence electrons. The van der Waals surface area contributed by atoms with Crippen LogP contribution < -0.4 is 15.4 Å². The Morgan fingerprint density at radius 2 is 1.66 bits per heavy atom. The van der Waals surface area contributed by atoms with Gasteiger partial charge in [0.2, 0.25) is 0 Å². The lowest BCUT2D eigenvalue weighted by Gasteiger charge is -2.30. The molecule has 5 nitrogen and oxygen atoms in total. The Labute approximate surface area is 158 Å². The van der Waals surface area contributed by atoms with Crippen LogP contribution in [0.5, 0.6) is 5.75 Å². The monoisotopic (exact) mass is 424 g/mol. The molecular formula is C17H11F7N2O3. The van der Waals surface area contributed by atoms with Crippen molar-refractivity contribution >= 4 is 11.7 Å². The Balaban J connectivity index is 1.63. The van der Waals surface area contributed by atoms with Gasteiger partial charge in [-0.05, 0) is 35.9 Å². The Morgan fingerprint density at radius 1 is 1.00 bits per heavy atom. The molecular weight excluding hydrogens is 413 g/mol. The highest BCUT2D eigenvalue weighted by Crippen LogP contribution is 2.46. The van der Waals surface area contributed by atoms with E-state index in [1.807, 2.05) is 0 Å². The van der Waals surface area contributed by atoms with E-state index < -0.39 is 41.5 Å². The summed E-state index contributed by atoms with van der Waals surface area (Å²) in [7, 11) is 0. The number of halogens is 7. The fourth-order valence-electron chi connectivity index (χ4n) is 2.45. The molecule has 0 saturated carbocycles. The minimum atomic E-state index is -4.51. The van der Waals surface area contributed by atoms with Crippen molar-refractivity contribution in [2.75, 3.05) is 5.32 Å². The molecule has 1 aliphatic heterocycles. The van der Waals surface area contributed by atoms with Crippen LogP contribution in [0.1, 0.15) is 16.7 Å². The molecule has 1 heterocycles. The zero-order chi connectivity index (χ0) is 21.4.